The lowest BCUT2D eigenvalue weighted by molar-refractivity contribution is 0.497. The highest BCUT2D eigenvalue weighted by Crippen LogP contribution is 2.29. The number of imidazole rings is 1. The largest absolute Gasteiger partial charge is 0.337 e. The second-order valence-corrected chi connectivity index (χ2v) is 8.77. The van der Waals surface area contributed by atoms with Crippen molar-refractivity contribution in [3.63, 3.8) is 0 Å². The summed E-state index contributed by atoms with van der Waals surface area (Å²) in [6, 6.07) is -0.142. The molecule has 3 heterocycles. The van der Waals surface area contributed by atoms with Gasteiger partial charge in [-0.25, -0.2) is 18.1 Å². The molecule has 1 saturated heterocycles. The number of sulfone groups is 1. The first-order valence-electron chi connectivity index (χ1n) is 8.06. The van der Waals surface area contributed by atoms with Crippen LogP contribution in [0, 0.1) is 6.92 Å². The van der Waals surface area contributed by atoms with Crippen LogP contribution >= 0.6 is 11.6 Å². The molecule has 3 rings (SSSR count). The van der Waals surface area contributed by atoms with E-state index in [0.717, 1.165) is 30.8 Å². The standard InChI is InChI=1S/C15H22ClN5O2S/c1-12-14(9-17-4-2-6-20-7-5-18-11-20)15(16)21(19-12)13-3-8-24(22,23)10-13/h5,7,11,13,17H,2-4,6,8-10H2,1H3. The van der Waals surface area contributed by atoms with Gasteiger partial charge in [-0.1, -0.05) is 11.6 Å². The fourth-order valence-corrected chi connectivity index (χ4v) is 5.05. The van der Waals surface area contributed by atoms with E-state index >= 15 is 0 Å². The Hall–Kier alpha value is -1.38. The van der Waals surface area contributed by atoms with E-state index in [1.54, 1.807) is 17.2 Å². The van der Waals surface area contributed by atoms with E-state index in [1.165, 1.54) is 0 Å². The molecule has 0 aliphatic carbocycles. The molecule has 1 fully saturated rings. The molecule has 0 amide bonds. The molecule has 0 aromatic carbocycles. The molecule has 9 heteroatoms. The van der Waals surface area contributed by atoms with Gasteiger partial charge in [0.25, 0.3) is 0 Å². The number of halogens is 1. The van der Waals surface area contributed by atoms with E-state index < -0.39 is 9.84 Å². The first-order valence-corrected chi connectivity index (χ1v) is 10.3. The molecule has 1 atom stereocenters. The Labute approximate surface area is 146 Å². The Morgan fingerprint density at radius 3 is 2.96 bits per heavy atom. The Morgan fingerprint density at radius 2 is 2.29 bits per heavy atom. The molecule has 1 unspecified atom stereocenters. The molecule has 132 valence electrons. The minimum atomic E-state index is -2.95. The van der Waals surface area contributed by atoms with Crippen LogP contribution in [-0.4, -0.2) is 45.8 Å². The van der Waals surface area contributed by atoms with E-state index in [2.05, 4.69) is 15.4 Å². The lowest BCUT2D eigenvalue weighted by atomic mass is 10.2. The van der Waals surface area contributed by atoms with E-state index in [4.69, 9.17) is 11.6 Å². The zero-order valence-corrected chi connectivity index (χ0v) is 15.2. The van der Waals surface area contributed by atoms with Gasteiger partial charge >= 0.3 is 0 Å². The van der Waals surface area contributed by atoms with Gasteiger partial charge in [-0.3, -0.25) is 0 Å². The molecule has 0 saturated carbocycles. The fraction of sp³-hybridized carbons (Fsp3) is 0.600. The summed E-state index contributed by atoms with van der Waals surface area (Å²) in [6.07, 6.45) is 7.10. The first-order chi connectivity index (χ1) is 11.5. The van der Waals surface area contributed by atoms with Crippen molar-refractivity contribution in [2.45, 2.75) is 38.9 Å². The summed E-state index contributed by atoms with van der Waals surface area (Å²) in [4.78, 5) is 4.01. The summed E-state index contributed by atoms with van der Waals surface area (Å²) in [6.45, 7) is 4.32. The molecule has 7 nitrogen and oxygen atoms in total. The predicted octanol–water partition coefficient (Wildman–Crippen LogP) is 1.58. The summed E-state index contributed by atoms with van der Waals surface area (Å²) >= 11 is 6.45. The van der Waals surface area contributed by atoms with E-state index in [9.17, 15) is 8.42 Å². The first kappa shape index (κ1) is 17.4. The quantitative estimate of drug-likeness (QED) is 0.747. The smallest absolute Gasteiger partial charge is 0.152 e. The van der Waals surface area contributed by atoms with Crippen molar-refractivity contribution in [1.29, 1.82) is 0 Å². The normalized spacial score (nSPS) is 19.8. The third-order valence-electron chi connectivity index (χ3n) is 4.33. The number of nitrogens with zero attached hydrogens (tertiary/aromatic N) is 4. The van der Waals surface area contributed by atoms with Crippen LogP contribution in [0.4, 0.5) is 0 Å². The van der Waals surface area contributed by atoms with E-state index in [1.807, 2.05) is 17.7 Å². The zero-order valence-electron chi connectivity index (χ0n) is 13.7. The van der Waals surface area contributed by atoms with Crippen LogP contribution in [0.3, 0.4) is 0 Å². The molecule has 1 aliphatic rings. The average Bonchev–Trinajstić information content (AvgIpc) is 3.22. The molecule has 2 aromatic rings. The van der Waals surface area contributed by atoms with Gasteiger partial charge in [-0.15, -0.1) is 0 Å². The Kier molecular flexibility index (Phi) is 5.27. The highest BCUT2D eigenvalue weighted by Gasteiger charge is 2.31. The molecule has 0 radical (unpaired) electrons. The van der Waals surface area contributed by atoms with Gasteiger partial charge in [0.15, 0.2) is 9.84 Å². The number of hydrogen-bond acceptors (Lipinski definition) is 5. The maximum atomic E-state index is 11.7. The second-order valence-electron chi connectivity index (χ2n) is 6.19. The van der Waals surface area contributed by atoms with Crippen LogP contribution in [0.5, 0.6) is 0 Å². The van der Waals surface area contributed by atoms with Crippen molar-refractivity contribution in [3.8, 4) is 0 Å². The van der Waals surface area contributed by atoms with Gasteiger partial charge in [-0.2, -0.15) is 5.10 Å². The lowest BCUT2D eigenvalue weighted by Gasteiger charge is -2.10. The van der Waals surface area contributed by atoms with Gasteiger partial charge in [-0.05, 0) is 26.3 Å². The monoisotopic (exact) mass is 371 g/mol. The number of aryl methyl sites for hydroxylation is 2. The van der Waals surface area contributed by atoms with Gasteiger partial charge in [0.1, 0.15) is 5.15 Å². The minimum absolute atomic E-state index is 0.131. The van der Waals surface area contributed by atoms with Crippen LogP contribution in [0.25, 0.3) is 0 Å². The summed E-state index contributed by atoms with van der Waals surface area (Å²) in [5, 5.41) is 8.39. The zero-order chi connectivity index (χ0) is 17.2. The summed E-state index contributed by atoms with van der Waals surface area (Å²) in [5.74, 6) is 0.348. The van der Waals surface area contributed by atoms with Crippen molar-refractivity contribution in [1.82, 2.24) is 24.6 Å². The van der Waals surface area contributed by atoms with Crippen LogP contribution < -0.4 is 5.32 Å². The minimum Gasteiger partial charge on any atom is -0.337 e. The molecular weight excluding hydrogens is 350 g/mol. The molecule has 2 aromatic heterocycles. The van der Waals surface area contributed by atoms with Crippen LogP contribution in [0.1, 0.15) is 30.1 Å². The summed E-state index contributed by atoms with van der Waals surface area (Å²) in [5.41, 5.74) is 1.80. The second kappa shape index (κ2) is 7.25. The van der Waals surface area contributed by atoms with Crippen molar-refractivity contribution in [2.75, 3.05) is 18.1 Å². The average molecular weight is 372 g/mol. The molecule has 0 bridgehead atoms. The number of nitrogens with one attached hydrogen (secondary N) is 1. The molecule has 1 N–H and O–H groups in total. The third kappa shape index (κ3) is 3.99. The topological polar surface area (TPSA) is 81.8 Å². The maximum Gasteiger partial charge on any atom is 0.152 e. The highest BCUT2D eigenvalue weighted by molar-refractivity contribution is 7.91. The lowest BCUT2D eigenvalue weighted by Crippen LogP contribution is -2.17. The SMILES string of the molecule is Cc1nn(C2CCS(=O)(=O)C2)c(Cl)c1CNCCCn1ccnc1. The van der Waals surface area contributed by atoms with E-state index in [-0.39, 0.29) is 17.5 Å². The molecule has 0 spiro atoms. The van der Waals surface area contributed by atoms with Gasteiger partial charge in [0, 0.05) is 31.0 Å². The number of aromatic nitrogens is 4. The predicted molar refractivity (Wildman–Crippen MR) is 92.8 cm³/mol. The number of rotatable bonds is 7. The summed E-state index contributed by atoms with van der Waals surface area (Å²) < 4.78 is 27.0. The Morgan fingerprint density at radius 1 is 1.46 bits per heavy atom. The molecular formula is C15H22ClN5O2S. The summed E-state index contributed by atoms with van der Waals surface area (Å²) in [7, 11) is -2.95. The van der Waals surface area contributed by atoms with Crippen molar-refractivity contribution < 1.29 is 8.42 Å². The van der Waals surface area contributed by atoms with Crippen molar-refractivity contribution in [2.24, 2.45) is 0 Å². The Bertz CT molecular complexity index is 785. The highest BCUT2D eigenvalue weighted by atomic mass is 35.5. The van der Waals surface area contributed by atoms with Crippen molar-refractivity contribution >= 4 is 21.4 Å². The van der Waals surface area contributed by atoms with Crippen molar-refractivity contribution in [3.05, 3.63) is 35.1 Å². The van der Waals surface area contributed by atoms with Gasteiger partial charge < -0.3 is 9.88 Å². The van der Waals surface area contributed by atoms with Crippen LogP contribution in [0.2, 0.25) is 5.15 Å². The maximum absolute atomic E-state index is 11.7. The fourth-order valence-electron chi connectivity index (χ4n) is 2.98. The van der Waals surface area contributed by atoms with Gasteiger partial charge in [0.05, 0.1) is 29.6 Å². The Balaban J connectivity index is 1.54. The van der Waals surface area contributed by atoms with Crippen LogP contribution in [0.15, 0.2) is 18.7 Å². The molecule has 24 heavy (non-hydrogen) atoms. The van der Waals surface area contributed by atoms with Crippen LogP contribution in [-0.2, 0) is 22.9 Å². The third-order valence-corrected chi connectivity index (χ3v) is 6.48. The van der Waals surface area contributed by atoms with E-state index in [0.29, 0.717) is 18.1 Å². The molecule has 1 aliphatic heterocycles. The number of hydrogen-bond donors (Lipinski definition) is 1. The van der Waals surface area contributed by atoms with Gasteiger partial charge in [0.2, 0.25) is 0 Å².